The van der Waals surface area contributed by atoms with E-state index in [1.165, 1.54) is 24.6 Å². The number of nitrogens with two attached hydrogens (primary N) is 1. The Bertz CT molecular complexity index is 482. The number of carbonyl (C=O) groups excluding carboxylic acids is 1. The number of hydrogen-bond acceptors (Lipinski definition) is 5. The molecule has 21 heavy (non-hydrogen) atoms. The van der Waals surface area contributed by atoms with Gasteiger partial charge in [0.05, 0.1) is 12.3 Å². The van der Waals surface area contributed by atoms with Crippen LogP contribution in [0.2, 0.25) is 0 Å². The van der Waals surface area contributed by atoms with E-state index < -0.39 is 0 Å². The van der Waals surface area contributed by atoms with Gasteiger partial charge in [-0.1, -0.05) is 18.7 Å². The maximum absolute atomic E-state index is 12.3. The van der Waals surface area contributed by atoms with E-state index in [9.17, 15) is 4.79 Å². The first-order valence-corrected chi connectivity index (χ1v) is 8.48. The monoisotopic (exact) mass is 311 g/mol. The van der Waals surface area contributed by atoms with Gasteiger partial charge < -0.3 is 15.2 Å². The number of thioether (sulfide) groups is 1. The second-order valence-electron chi connectivity index (χ2n) is 5.87. The van der Waals surface area contributed by atoms with E-state index in [1.807, 2.05) is 23.6 Å². The first-order chi connectivity index (χ1) is 10.0. The summed E-state index contributed by atoms with van der Waals surface area (Å²) in [5, 5.41) is 8.81. The van der Waals surface area contributed by atoms with E-state index in [0.717, 1.165) is 29.7 Å². The summed E-state index contributed by atoms with van der Waals surface area (Å²) < 4.78 is 1.85. The third-order valence-corrected chi connectivity index (χ3v) is 5.36. The molecular formula is C14H25N5OS. The van der Waals surface area contributed by atoms with Gasteiger partial charge in [0, 0.05) is 20.1 Å². The SMILES string of the molecule is CC1CCC(N(C)C(=O)CSc2nnc(CN)n2C)CC1. The van der Waals surface area contributed by atoms with Gasteiger partial charge in [-0.25, -0.2) is 0 Å². The average Bonchev–Trinajstić information content (AvgIpc) is 2.85. The Morgan fingerprint density at radius 1 is 1.38 bits per heavy atom. The van der Waals surface area contributed by atoms with Gasteiger partial charge in [0.1, 0.15) is 5.82 Å². The van der Waals surface area contributed by atoms with Crippen molar-refractivity contribution in [2.24, 2.45) is 18.7 Å². The summed E-state index contributed by atoms with van der Waals surface area (Å²) in [6.45, 7) is 2.65. The molecule has 0 spiro atoms. The molecule has 1 saturated carbocycles. The molecule has 1 aromatic heterocycles. The minimum atomic E-state index is 0.164. The normalized spacial score (nSPS) is 22.3. The van der Waals surface area contributed by atoms with Crippen LogP contribution in [0.15, 0.2) is 5.16 Å². The highest BCUT2D eigenvalue weighted by molar-refractivity contribution is 7.99. The van der Waals surface area contributed by atoms with E-state index in [2.05, 4.69) is 17.1 Å². The summed E-state index contributed by atoms with van der Waals surface area (Å²) in [6, 6.07) is 0.397. The highest BCUT2D eigenvalue weighted by Gasteiger charge is 2.25. The van der Waals surface area contributed by atoms with E-state index in [4.69, 9.17) is 5.73 Å². The molecule has 1 fully saturated rings. The van der Waals surface area contributed by atoms with E-state index in [1.54, 1.807) is 0 Å². The third kappa shape index (κ3) is 3.97. The lowest BCUT2D eigenvalue weighted by Gasteiger charge is -2.33. The van der Waals surface area contributed by atoms with Gasteiger partial charge >= 0.3 is 0 Å². The number of carbonyl (C=O) groups is 1. The fourth-order valence-corrected chi connectivity index (χ4v) is 3.56. The molecule has 1 aliphatic carbocycles. The van der Waals surface area contributed by atoms with Crippen LogP contribution < -0.4 is 5.73 Å². The molecule has 2 rings (SSSR count). The Morgan fingerprint density at radius 2 is 2.05 bits per heavy atom. The van der Waals surface area contributed by atoms with Crippen molar-refractivity contribution < 1.29 is 4.79 Å². The summed E-state index contributed by atoms with van der Waals surface area (Å²) in [4.78, 5) is 14.2. The standard InChI is InChI=1S/C14H25N5OS/c1-10-4-6-11(7-5-10)18(2)13(20)9-21-14-17-16-12(8-15)19(14)3/h10-11H,4-9,15H2,1-3H3. The van der Waals surface area contributed by atoms with Crippen molar-refractivity contribution in [3.63, 3.8) is 0 Å². The van der Waals surface area contributed by atoms with Crippen molar-refractivity contribution in [1.29, 1.82) is 0 Å². The van der Waals surface area contributed by atoms with Crippen LogP contribution in [0.25, 0.3) is 0 Å². The molecule has 0 atom stereocenters. The van der Waals surface area contributed by atoms with Crippen molar-refractivity contribution in [1.82, 2.24) is 19.7 Å². The van der Waals surface area contributed by atoms with Crippen molar-refractivity contribution >= 4 is 17.7 Å². The first kappa shape index (κ1) is 16.3. The number of hydrogen-bond donors (Lipinski definition) is 1. The summed E-state index contributed by atoms with van der Waals surface area (Å²) in [6.07, 6.45) is 4.68. The zero-order valence-corrected chi connectivity index (χ0v) is 13.9. The molecule has 1 aromatic rings. The van der Waals surface area contributed by atoms with Gasteiger partial charge in [0.25, 0.3) is 0 Å². The topological polar surface area (TPSA) is 77.0 Å². The van der Waals surface area contributed by atoms with Gasteiger partial charge in [-0.05, 0) is 31.6 Å². The average molecular weight is 311 g/mol. The molecule has 6 nitrogen and oxygen atoms in total. The van der Waals surface area contributed by atoms with Crippen LogP contribution in [-0.2, 0) is 18.4 Å². The second-order valence-corrected chi connectivity index (χ2v) is 6.81. The van der Waals surface area contributed by atoms with Gasteiger partial charge in [-0.15, -0.1) is 10.2 Å². The lowest BCUT2D eigenvalue weighted by atomic mass is 9.87. The smallest absolute Gasteiger partial charge is 0.233 e. The molecule has 0 aromatic carbocycles. The van der Waals surface area contributed by atoms with Crippen LogP contribution in [-0.4, -0.2) is 44.4 Å². The van der Waals surface area contributed by atoms with Crippen LogP contribution in [0.1, 0.15) is 38.4 Å². The molecule has 0 bridgehead atoms. The van der Waals surface area contributed by atoms with Crippen LogP contribution in [0.4, 0.5) is 0 Å². The molecule has 0 unspecified atom stereocenters. The maximum atomic E-state index is 12.3. The minimum Gasteiger partial charge on any atom is -0.342 e. The quantitative estimate of drug-likeness (QED) is 0.832. The van der Waals surface area contributed by atoms with E-state index in [-0.39, 0.29) is 5.91 Å². The van der Waals surface area contributed by atoms with Crippen LogP contribution in [0.5, 0.6) is 0 Å². The van der Waals surface area contributed by atoms with E-state index in [0.29, 0.717) is 18.3 Å². The molecule has 0 aliphatic heterocycles. The van der Waals surface area contributed by atoms with E-state index >= 15 is 0 Å². The Balaban J connectivity index is 1.84. The predicted octanol–water partition coefficient (Wildman–Crippen LogP) is 1.40. The highest BCUT2D eigenvalue weighted by atomic mass is 32.2. The third-order valence-electron chi connectivity index (χ3n) is 4.36. The molecule has 0 radical (unpaired) electrons. The number of rotatable bonds is 5. The highest BCUT2D eigenvalue weighted by Crippen LogP contribution is 2.27. The van der Waals surface area contributed by atoms with Crippen LogP contribution in [0.3, 0.4) is 0 Å². The fourth-order valence-electron chi connectivity index (χ4n) is 2.71. The molecule has 1 aliphatic rings. The minimum absolute atomic E-state index is 0.164. The zero-order valence-electron chi connectivity index (χ0n) is 13.1. The van der Waals surface area contributed by atoms with Crippen molar-refractivity contribution in [3.05, 3.63) is 5.82 Å². The van der Waals surface area contributed by atoms with Crippen molar-refractivity contribution in [2.45, 2.75) is 50.4 Å². The Hall–Kier alpha value is -1.08. The Labute approximate surface area is 130 Å². The molecule has 2 N–H and O–H groups in total. The maximum Gasteiger partial charge on any atom is 0.233 e. The van der Waals surface area contributed by atoms with Gasteiger partial charge in [-0.2, -0.15) is 0 Å². The second kappa shape index (κ2) is 7.26. The molecule has 118 valence electrons. The summed E-state index contributed by atoms with van der Waals surface area (Å²) in [5.41, 5.74) is 5.57. The Kier molecular flexibility index (Phi) is 5.64. The van der Waals surface area contributed by atoms with Crippen molar-refractivity contribution in [3.8, 4) is 0 Å². The van der Waals surface area contributed by atoms with Gasteiger partial charge in [0.15, 0.2) is 5.16 Å². The molecule has 7 heteroatoms. The molecule has 1 amide bonds. The lowest BCUT2D eigenvalue weighted by Crippen LogP contribution is -2.40. The molecular weight excluding hydrogens is 286 g/mol. The number of amides is 1. The van der Waals surface area contributed by atoms with Crippen molar-refractivity contribution in [2.75, 3.05) is 12.8 Å². The summed E-state index contributed by atoms with van der Waals surface area (Å²) in [7, 11) is 3.80. The summed E-state index contributed by atoms with van der Waals surface area (Å²) >= 11 is 1.43. The largest absolute Gasteiger partial charge is 0.342 e. The predicted molar refractivity (Wildman–Crippen MR) is 83.8 cm³/mol. The summed E-state index contributed by atoms with van der Waals surface area (Å²) in [5.74, 6) is 2.10. The van der Waals surface area contributed by atoms with Gasteiger partial charge in [0.2, 0.25) is 5.91 Å². The van der Waals surface area contributed by atoms with Crippen LogP contribution in [0, 0.1) is 5.92 Å². The fraction of sp³-hybridized carbons (Fsp3) is 0.786. The lowest BCUT2D eigenvalue weighted by molar-refractivity contribution is -0.129. The molecule has 0 saturated heterocycles. The van der Waals surface area contributed by atoms with Gasteiger partial charge in [-0.3, -0.25) is 4.79 Å². The Morgan fingerprint density at radius 3 is 2.62 bits per heavy atom. The first-order valence-electron chi connectivity index (χ1n) is 7.49. The molecule has 1 heterocycles. The zero-order chi connectivity index (χ0) is 15.4. The number of aromatic nitrogens is 3. The number of nitrogens with zero attached hydrogens (tertiary/aromatic N) is 4. The van der Waals surface area contributed by atoms with Crippen LogP contribution >= 0.6 is 11.8 Å².